The van der Waals surface area contributed by atoms with Crippen LogP contribution < -0.4 is 0 Å². The molecular formula is H2BO2Y3. The van der Waals surface area contributed by atoms with E-state index in [1.54, 1.807) is 0 Å². The largest absolute Gasteiger partial charge is 0.482 e. The van der Waals surface area contributed by atoms with Gasteiger partial charge in [0.1, 0.15) is 0 Å². The Morgan fingerprint density at radius 1 is 0.833 bits per heavy atom. The van der Waals surface area contributed by atoms with E-state index in [0.717, 1.165) is 0 Å². The molecule has 0 aromatic rings. The molecule has 0 heterocycles. The third-order valence-corrected chi connectivity index (χ3v) is 0. The molecule has 26 valence electrons. The third kappa shape index (κ3) is 26.6. The van der Waals surface area contributed by atoms with Gasteiger partial charge in [-0.05, 0) is 0 Å². The van der Waals surface area contributed by atoms with Crippen molar-refractivity contribution in [3.8, 4) is 0 Å². The summed E-state index contributed by atoms with van der Waals surface area (Å²) in [5, 5.41) is 14.0. The molecule has 2 N–H and O–H groups in total. The van der Waals surface area contributed by atoms with Gasteiger partial charge in [-0.1, -0.05) is 0 Å². The molecule has 0 saturated heterocycles. The summed E-state index contributed by atoms with van der Waals surface area (Å²) in [7, 11) is 0. The predicted molar refractivity (Wildman–Crippen MR) is 10.2 cm³/mol. The third-order valence-electron chi connectivity index (χ3n) is 0. The van der Waals surface area contributed by atoms with Crippen molar-refractivity contribution in [2.75, 3.05) is 0 Å². The van der Waals surface area contributed by atoms with Crippen LogP contribution >= 0.6 is 0 Å². The summed E-state index contributed by atoms with van der Waals surface area (Å²) in [4.78, 5) is 0. The molecule has 0 aliphatic rings. The number of hydrogen-bond donors (Lipinski definition) is 2. The van der Waals surface area contributed by atoms with Gasteiger partial charge in [0.05, 0.1) is 0 Å². The molecule has 0 rings (SSSR count). The van der Waals surface area contributed by atoms with Crippen LogP contribution in [0.4, 0.5) is 0 Å². The zero-order valence-electron chi connectivity index (χ0n) is 3.20. The summed E-state index contributed by atoms with van der Waals surface area (Å²) < 4.78 is 0. The van der Waals surface area contributed by atoms with Gasteiger partial charge in [-0.25, -0.2) is 0 Å². The van der Waals surface area contributed by atoms with Crippen molar-refractivity contribution in [3.63, 3.8) is 0 Å². The number of rotatable bonds is 0. The molecule has 0 spiro atoms. The fourth-order valence-electron chi connectivity index (χ4n) is 0. The van der Waals surface area contributed by atoms with Crippen LogP contribution in [0.1, 0.15) is 0 Å². The molecule has 0 aliphatic carbocycles. The Balaban J connectivity index is -0.00000000667. The van der Waals surface area contributed by atoms with Crippen molar-refractivity contribution < 1.29 is 108 Å². The van der Waals surface area contributed by atoms with Crippen LogP contribution in [0.25, 0.3) is 0 Å². The molecule has 6 heavy (non-hydrogen) atoms. The van der Waals surface area contributed by atoms with Gasteiger partial charge in [-0.15, -0.1) is 0 Å². The maximum Gasteiger partial charge on any atom is 0.482 e. The fourth-order valence-corrected chi connectivity index (χ4v) is 0. The van der Waals surface area contributed by atoms with E-state index in [2.05, 4.69) is 0 Å². The Kier molecular flexibility index (Phi) is 91.0. The second-order valence-corrected chi connectivity index (χ2v) is 0.115. The quantitative estimate of drug-likeness (QED) is 0.535. The molecule has 0 aromatic carbocycles. The summed E-state index contributed by atoms with van der Waals surface area (Å²) in [6.07, 6.45) is 0. The first-order valence-corrected chi connectivity index (χ1v) is 0.516. The van der Waals surface area contributed by atoms with Gasteiger partial charge in [0.15, 0.2) is 0 Å². The molecule has 0 fully saturated rings. The van der Waals surface area contributed by atoms with Crippen LogP contribution in [0, 0.1) is 0 Å². The van der Waals surface area contributed by atoms with E-state index in [1.165, 1.54) is 0 Å². The molecule has 0 unspecified atom stereocenters. The van der Waals surface area contributed by atoms with Crippen LogP contribution in [0.2, 0.25) is 0 Å². The van der Waals surface area contributed by atoms with Crippen LogP contribution in [0.15, 0.2) is 0 Å². The molecule has 2 nitrogen and oxygen atoms in total. The SMILES string of the molecule is O[B]O.[Y].[Y].[Y]. The average Bonchev–Trinajstić information content (AvgIpc) is 0.918. The molecule has 0 saturated carbocycles. The monoisotopic (exact) mass is 312 g/mol. The van der Waals surface area contributed by atoms with E-state index in [1.807, 2.05) is 0 Å². The Hall–Kier alpha value is 3.30. The van der Waals surface area contributed by atoms with E-state index < -0.39 is 0 Å². The van der Waals surface area contributed by atoms with E-state index in [4.69, 9.17) is 10.0 Å². The van der Waals surface area contributed by atoms with Crippen molar-refractivity contribution >= 4 is 7.69 Å². The zero-order valence-corrected chi connectivity index (χ0v) is 11.7. The van der Waals surface area contributed by atoms with E-state index in [9.17, 15) is 0 Å². The summed E-state index contributed by atoms with van der Waals surface area (Å²) in [5.74, 6) is 0. The molecule has 0 bridgehead atoms. The Labute approximate surface area is 113 Å². The minimum absolute atomic E-state index is 0. The summed E-state index contributed by atoms with van der Waals surface area (Å²) in [6.45, 7) is 0. The van der Waals surface area contributed by atoms with Gasteiger partial charge in [0.25, 0.3) is 0 Å². The first-order chi connectivity index (χ1) is 1.41. The molecule has 0 atom stereocenters. The van der Waals surface area contributed by atoms with Crippen LogP contribution in [0.5, 0.6) is 0 Å². The van der Waals surface area contributed by atoms with Crippen LogP contribution in [-0.4, -0.2) is 17.7 Å². The van der Waals surface area contributed by atoms with Crippen molar-refractivity contribution in [1.82, 2.24) is 0 Å². The second kappa shape index (κ2) is 23.9. The molecule has 0 amide bonds. The van der Waals surface area contributed by atoms with Gasteiger partial charge < -0.3 is 10.0 Å². The molecule has 0 aromatic heterocycles. The smallest absolute Gasteiger partial charge is 0.429 e. The van der Waals surface area contributed by atoms with Crippen molar-refractivity contribution in [2.45, 2.75) is 0 Å². The average molecular weight is 312 g/mol. The molecule has 4 radical (unpaired) electrons. The minimum Gasteiger partial charge on any atom is -0.429 e. The number of hydrogen-bond acceptors (Lipinski definition) is 2. The maximum atomic E-state index is 7.00. The van der Waals surface area contributed by atoms with Crippen molar-refractivity contribution in [1.29, 1.82) is 0 Å². The van der Waals surface area contributed by atoms with E-state index in [-0.39, 0.29) is 106 Å². The van der Waals surface area contributed by atoms with Crippen molar-refractivity contribution in [2.24, 2.45) is 0 Å². The Morgan fingerprint density at radius 3 is 0.833 bits per heavy atom. The summed E-state index contributed by atoms with van der Waals surface area (Å²) in [6, 6.07) is 0. The van der Waals surface area contributed by atoms with Gasteiger partial charge in [-0.3, -0.25) is 0 Å². The van der Waals surface area contributed by atoms with Gasteiger partial charge in [0.2, 0.25) is 0 Å². The minimum atomic E-state index is 0. The second-order valence-electron chi connectivity index (χ2n) is 0.115. The summed E-state index contributed by atoms with van der Waals surface area (Å²) in [5.41, 5.74) is 0. The van der Waals surface area contributed by atoms with Gasteiger partial charge >= 0.3 is 7.69 Å². The zero-order chi connectivity index (χ0) is 2.71. The van der Waals surface area contributed by atoms with Crippen molar-refractivity contribution in [3.05, 3.63) is 0 Å². The van der Waals surface area contributed by atoms with Crippen LogP contribution in [-0.2, 0) is 98.1 Å². The fraction of sp³-hybridized carbons (Fsp3) is 0. The predicted octanol–water partition coefficient (Wildman–Crippen LogP) is -1.50. The topological polar surface area (TPSA) is 40.5 Å². The Bertz CT molecular complexity index is 8.75. The normalized spacial score (nSPS) is 2.33. The van der Waals surface area contributed by atoms with Gasteiger partial charge in [0, 0.05) is 98.1 Å². The van der Waals surface area contributed by atoms with Gasteiger partial charge in [-0.2, -0.15) is 0 Å². The molecular weight excluding hydrogens is 310 g/mol. The summed E-state index contributed by atoms with van der Waals surface area (Å²) >= 11 is 0. The van der Waals surface area contributed by atoms with E-state index >= 15 is 0 Å². The first-order valence-electron chi connectivity index (χ1n) is 0.516. The van der Waals surface area contributed by atoms with E-state index in [0.29, 0.717) is 0 Å². The Morgan fingerprint density at radius 2 is 0.833 bits per heavy atom. The molecule has 0 aliphatic heterocycles. The van der Waals surface area contributed by atoms with Crippen LogP contribution in [0.3, 0.4) is 0 Å². The first kappa shape index (κ1) is 22.8. The standard InChI is InChI=1S/BH2O2.3Y/c2-1-3;;;/h2-3H;;;. The maximum absolute atomic E-state index is 7.00. The molecule has 6 heteroatoms.